The summed E-state index contributed by atoms with van der Waals surface area (Å²) >= 11 is 0. The van der Waals surface area contributed by atoms with Crippen molar-refractivity contribution in [2.75, 3.05) is 4.90 Å². The summed E-state index contributed by atoms with van der Waals surface area (Å²) in [5.41, 5.74) is 15.3. The molecule has 0 spiro atoms. The van der Waals surface area contributed by atoms with E-state index in [0.717, 1.165) is 17.1 Å². The molecule has 1 heteroatoms. The fraction of sp³-hybridized carbons (Fsp3) is 0.0175. The van der Waals surface area contributed by atoms with Crippen LogP contribution in [0.25, 0.3) is 54.9 Å². The van der Waals surface area contributed by atoms with Gasteiger partial charge in [-0.3, -0.25) is 0 Å². The summed E-state index contributed by atoms with van der Waals surface area (Å²) in [5, 5.41) is 4.92. The molecule has 58 heavy (non-hydrogen) atoms. The van der Waals surface area contributed by atoms with Crippen molar-refractivity contribution in [2.24, 2.45) is 0 Å². The zero-order chi connectivity index (χ0) is 38.5. The maximum Gasteiger partial charge on any atom is 0.0714 e. The third kappa shape index (κ3) is 5.32. The quantitative estimate of drug-likeness (QED) is 0.147. The van der Waals surface area contributed by atoms with Crippen LogP contribution in [0.15, 0.2) is 237 Å². The fourth-order valence-electron chi connectivity index (χ4n) is 9.58. The molecule has 11 rings (SSSR count). The first kappa shape index (κ1) is 33.8. The predicted molar refractivity (Wildman–Crippen MR) is 244 cm³/mol. The molecule has 1 nitrogen and oxygen atoms in total. The van der Waals surface area contributed by atoms with E-state index in [0.29, 0.717) is 0 Å². The van der Waals surface area contributed by atoms with Gasteiger partial charge >= 0.3 is 0 Å². The lowest BCUT2D eigenvalue weighted by Crippen LogP contribution is -2.28. The van der Waals surface area contributed by atoms with Crippen LogP contribution in [-0.4, -0.2) is 0 Å². The maximum absolute atomic E-state index is 2.51. The molecule has 0 saturated heterocycles. The number of nitrogens with zero attached hydrogens (tertiary/aromatic N) is 1. The summed E-state index contributed by atoms with van der Waals surface area (Å²) in [4.78, 5) is 2.51. The average molecular weight is 738 g/mol. The Labute approximate surface area is 339 Å². The van der Waals surface area contributed by atoms with Gasteiger partial charge in [-0.15, -0.1) is 0 Å². The molecule has 0 saturated carbocycles. The van der Waals surface area contributed by atoms with Crippen LogP contribution in [0.5, 0.6) is 0 Å². The van der Waals surface area contributed by atoms with Crippen LogP contribution in [-0.2, 0) is 5.41 Å². The zero-order valence-corrected chi connectivity index (χ0v) is 32.0. The largest absolute Gasteiger partial charge is 0.309 e. The van der Waals surface area contributed by atoms with E-state index in [2.05, 4.69) is 241 Å². The van der Waals surface area contributed by atoms with Gasteiger partial charge in [0.2, 0.25) is 0 Å². The Bertz CT molecular complexity index is 3040. The van der Waals surface area contributed by atoms with Gasteiger partial charge in [-0.25, -0.2) is 0 Å². The van der Waals surface area contributed by atoms with E-state index in [4.69, 9.17) is 0 Å². The molecular formula is C57H39N. The lowest BCUT2D eigenvalue weighted by molar-refractivity contribution is 0.768. The third-order valence-electron chi connectivity index (χ3n) is 12.1. The molecule has 0 fully saturated rings. The molecule has 0 unspecified atom stereocenters. The minimum Gasteiger partial charge on any atom is -0.309 e. The van der Waals surface area contributed by atoms with Gasteiger partial charge < -0.3 is 4.90 Å². The summed E-state index contributed by atoms with van der Waals surface area (Å²) in [6.45, 7) is 0. The van der Waals surface area contributed by atoms with Gasteiger partial charge in [0.1, 0.15) is 0 Å². The van der Waals surface area contributed by atoms with Gasteiger partial charge in [-0.1, -0.05) is 212 Å². The minimum atomic E-state index is -0.503. The van der Waals surface area contributed by atoms with E-state index in [-0.39, 0.29) is 0 Å². The first-order chi connectivity index (χ1) is 28.8. The van der Waals surface area contributed by atoms with Crippen molar-refractivity contribution in [1.29, 1.82) is 0 Å². The van der Waals surface area contributed by atoms with E-state index in [1.165, 1.54) is 77.2 Å². The van der Waals surface area contributed by atoms with Crippen molar-refractivity contribution in [3.63, 3.8) is 0 Å². The standard InChI is InChI=1S/C57H39N/c1-4-16-40(17-5-1)41-30-32-42(33-31-41)43-36-38-48(39-37-43)58(53-28-14-19-45-35-34-44-18-10-11-24-49(44)55(45)53)54-29-15-27-52-56(54)50-25-12-13-26-51(50)57(52,46-20-6-2-7-21-46)47-22-8-3-9-23-47/h1-39H. The van der Waals surface area contributed by atoms with Crippen molar-refractivity contribution < 1.29 is 0 Å². The molecule has 0 N–H and O–H groups in total. The number of fused-ring (bicyclic) bond motifs is 6. The molecular weight excluding hydrogens is 699 g/mol. The van der Waals surface area contributed by atoms with E-state index < -0.39 is 5.41 Å². The highest BCUT2D eigenvalue weighted by molar-refractivity contribution is 6.16. The smallest absolute Gasteiger partial charge is 0.0714 e. The van der Waals surface area contributed by atoms with Crippen LogP contribution in [0.2, 0.25) is 0 Å². The summed E-state index contributed by atoms with van der Waals surface area (Å²) in [6.07, 6.45) is 0. The van der Waals surface area contributed by atoms with Gasteiger partial charge in [0.15, 0.2) is 0 Å². The molecule has 0 radical (unpaired) electrons. The number of rotatable bonds is 7. The molecule has 0 atom stereocenters. The third-order valence-corrected chi connectivity index (χ3v) is 12.1. The number of hydrogen-bond acceptors (Lipinski definition) is 1. The van der Waals surface area contributed by atoms with Gasteiger partial charge in [0.05, 0.1) is 16.8 Å². The summed E-state index contributed by atoms with van der Waals surface area (Å²) in [5.74, 6) is 0. The molecule has 0 bridgehead atoms. The highest BCUT2D eigenvalue weighted by Gasteiger charge is 2.47. The Morgan fingerprint density at radius 3 is 1.48 bits per heavy atom. The summed E-state index contributed by atoms with van der Waals surface area (Å²) in [6, 6.07) is 86.8. The van der Waals surface area contributed by atoms with Crippen LogP contribution < -0.4 is 4.90 Å². The molecule has 0 aliphatic heterocycles. The second-order valence-electron chi connectivity index (χ2n) is 15.2. The first-order valence-corrected chi connectivity index (χ1v) is 20.1. The van der Waals surface area contributed by atoms with Gasteiger partial charge in [-0.05, 0) is 90.5 Å². The summed E-state index contributed by atoms with van der Waals surface area (Å²) < 4.78 is 0. The van der Waals surface area contributed by atoms with Crippen molar-refractivity contribution >= 4 is 38.6 Å². The molecule has 0 aromatic heterocycles. The van der Waals surface area contributed by atoms with Crippen molar-refractivity contribution in [3.05, 3.63) is 259 Å². The first-order valence-electron chi connectivity index (χ1n) is 20.1. The van der Waals surface area contributed by atoms with Crippen LogP contribution in [0.1, 0.15) is 22.3 Å². The Balaban J connectivity index is 1.16. The Morgan fingerprint density at radius 1 is 0.310 bits per heavy atom. The highest BCUT2D eigenvalue weighted by atomic mass is 15.1. The maximum atomic E-state index is 2.51. The number of anilines is 3. The average Bonchev–Trinajstić information content (AvgIpc) is 3.62. The predicted octanol–water partition coefficient (Wildman–Crippen LogP) is 15.2. The van der Waals surface area contributed by atoms with Crippen LogP contribution in [0, 0.1) is 0 Å². The molecule has 10 aromatic rings. The normalized spacial score (nSPS) is 12.6. The number of hydrogen-bond donors (Lipinski definition) is 0. The Hall–Kier alpha value is -7.48. The van der Waals surface area contributed by atoms with Crippen LogP contribution in [0.3, 0.4) is 0 Å². The molecule has 1 aliphatic rings. The molecule has 272 valence electrons. The van der Waals surface area contributed by atoms with Crippen LogP contribution in [0.4, 0.5) is 17.1 Å². The topological polar surface area (TPSA) is 3.24 Å². The van der Waals surface area contributed by atoms with E-state index in [1.807, 2.05) is 0 Å². The molecule has 0 heterocycles. The second-order valence-corrected chi connectivity index (χ2v) is 15.2. The zero-order valence-electron chi connectivity index (χ0n) is 32.0. The molecule has 0 amide bonds. The second kappa shape index (κ2) is 13.9. The lowest BCUT2D eigenvalue weighted by Gasteiger charge is -2.34. The van der Waals surface area contributed by atoms with Gasteiger partial charge in [-0.2, -0.15) is 0 Å². The summed E-state index contributed by atoms with van der Waals surface area (Å²) in [7, 11) is 0. The number of benzene rings is 10. The van der Waals surface area contributed by atoms with Crippen molar-refractivity contribution in [3.8, 4) is 33.4 Å². The van der Waals surface area contributed by atoms with E-state index in [1.54, 1.807) is 0 Å². The SMILES string of the molecule is c1ccc(-c2ccc(-c3ccc(N(c4cccc5c4-c4ccccc4C5(c4ccccc4)c4ccccc4)c4cccc5ccc6ccccc6c45)cc3)cc2)cc1. The van der Waals surface area contributed by atoms with Gasteiger partial charge in [0, 0.05) is 16.6 Å². The lowest BCUT2D eigenvalue weighted by atomic mass is 9.68. The van der Waals surface area contributed by atoms with Gasteiger partial charge in [0.25, 0.3) is 0 Å². The van der Waals surface area contributed by atoms with E-state index >= 15 is 0 Å². The highest BCUT2D eigenvalue weighted by Crippen LogP contribution is 2.59. The Kier molecular flexibility index (Phi) is 8.12. The molecule has 10 aromatic carbocycles. The van der Waals surface area contributed by atoms with E-state index in [9.17, 15) is 0 Å². The fourth-order valence-corrected chi connectivity index (χ4v) is 9.58. The van der Waals surface area contributed by atoms with Crippen molar-refractivity contribution in [1.82, 2.24) is 0 Å². The molecule has 1 aliphatic carbocycles. The Morgan fingerprint density at radius 2 is 0.793 bits per heavy atom. The van der Waals surface area contributed by atoms with Crippen molar-refractivity contribution in [2.45, 2.75) is 5.41 Å². The van der Waals surface area contributed by atoms with Crippen LogP contribution >= 0.6 is 0 Å². The monoisotopic (exact) mass is 737 g/mol. The minimum absolute atomic E-state index is 0.503.